The Hall–Kier alpha value is -5.64. The summed E-state index contributed by atoms with van der Waals surface area (Å²) < 4.78 is 1.31. The van der Waals surface area contributed by atoms with Crippen LogP contribution in [0.5, 0.6) is 0 Å². The van der Waals surface area contributed by atoms with Gasteiger partial charge in [-0.2, -0.15) is 0 Å². The van der Waals surface area contributed by atoms with Crippen LogP contribution in [0, 0.1) is 6.92 Å². The number of aromatic nitrogens is 2. The maximum Gasteiger partial charge on any atom is 0.0713 e. The molecule has 0 saturated heterocycles. The molecular formula is C45H32N2S. The first-order chi connectivity index (χ1) is 23.6. The molecule has 0 unspecified atom stereocenters. The van der Waals surface area contributed by atoms with E-state index in [1.807, 2.05) is 23.7 Å². The van der Waals surface area contributed by atoms with E-state index >= 15 is 0 Å². The predicted octanol–water partition coefficient (Wildman–Crippen LogP) is 12.2. The number of hydrogen-bond acceptors (Lipinski definition) is 3. The third kappa shape index (κ3) is 4.78. The lowest BCUT2D eigenvalue weighted by atomic mass is 9.97. The Bertz CT molecular complexity index is 2540. The molecule has 0 fully saturated rings. The highest BCUT2D eigenvalue weighted by atomic mass is 32.1. The monoisotopic (exact) mass is 632 g/mol. The molecule has 2 nitrogen and oxygen atoms in total. The fraction of sp³-hybridized carbons (Fsp3) is 0.0667. The van der Waals surface area contributed by atoms with Gasteiger partial charge in [0.2, 0.25) is 0 Å². The van der Waals surface area contributed by atoms with E-state index in [0.717, 1.165) is 40.1 Å². The highest BCUT2D eigenvalue weighted by molar-refractivity contribution is 7.20. The number of aryl methyl sites for hydroxylation is 1. The fourth-order valence-corrected chi connectivity index (χ4v) is 8.57. The van der Waals surface area contributed by atoms with Crippen molar-refractivity contribution in [3.63, 3.8) is 0 Å². The van der Waals surface area contributed by atoms with Crippen molar-refractivity contribution >= 4 is 37.8 Å². The van der Waals surface area contributed by atoms with Gasteiger partial charge in [0.1, 0.15) is 0 Å². The molecule has 0 spiro atoms. The minimum Gasteiger partial charge on any atom is -0.256 e. The molecule has 228 valence electrons. The summed E-state index contributed by atoms with van der Waals surface area (Å²) in [7, 11) is 0. The van der Waals surface area contributed by atoms with E-state index < -0.39 is 0 Å². The van der Waals surface area contributed by atoms with Crippen molar-refractivity contribution in [2.75, 3.05) is 0 Å². The number of pyridine rings is 2. The van der Waals surface area contributed by atoms with E-state index in [9.17, 15) is 0 Å². The zero-order chi connectivity index (χ0) is 32.2. The van der Waals surface area contributed by atoms with Gasteiger partial charge in [0.05, 0.1) is 11.4 Å². The summed E-state index contributed by atoms with van der Waals surface area (Å²) in [4.78, 5) is 11.2. The van der Waals surface area contributed by atoms with Gasteiger partial charge in [-0.3, -0.25) is 9.97 Å². The van der Waals surface area contributed by atoms with E-state index in [2.05, 4.69) is 147 Å². The topological polar surface area (TPSA) is 25.8 Å². The van der Waals surface area contributed by atoms with Crippen LogP contribution in [0.2, 0.25) is 0 Å². The lowest BCUT2D eigenvalue weighted by molar-refractivity contribution is 1.24. The van der Waals surface area contributed by atoms with Gasteiger partial charge in [-0.1, -0.05) is 103 Å². The van der Waals surface area contributed by atoms with Gasteiger partial charge >= 0.3 is 0 Å². The van der Waals surface area contributed by atoms with E-state index in [1.165, 1.54) is 64.7 Å². The zero-order valence-corrected chi connectivity index (χ0v) is 27.7. The van der Waals surface area contributed by atoms with Crippen molar-refractivity contribution in [2.45, 2.75) is 20.3 Å². The number of nitrogens with zero attached hydrogens (tertiary/aromatic N) is 2. The Morgan fingerprint density at radius 1 is 0.625 bits per heavy atom. The van der Waals surface area contributed by atoms with Crippen LogP contribution < -0.4 is 0 Å². The van der Waals surface area contributed by atoms with Gasteiger partial charge in [-0.05, 0) is 106 Å². The van der Waals surface area contributed by atoms with E-state index in [0.29, 0.717) is 0 Å². The van der Waals surface area contributed by atoms with Gasteiger partial charge in [-0.15, -0.1) is 11.3 Å². The number of fused-ring (bicyclic) bond motifs is 5. The average Bonchev–Trinajstić information content (AvgIpc) is 3.69. The van der Waals surface area contributed by atoms with Crippen molar-refractivity contribution in [2.24, 2.45) is 0 Å². The molecule has 1 aliphatic carbocycles. The minimum atomic E-state index is 0.957. The van der Waals surface area contributed by atoms with Crippen LogP contribution in [-0.2, 0) is 6.42 Å². The summed E-state index contributed by atoms with van der Waals surface area (Å²) in [6.45, 7) is 4.32. The van der Waals surface area contributed by atoms with Crippen LogP contribution in [0.3, 0.4) is 0 Å². The summed E-state index contributed by atoms with van der Waals surface area (Å²) in [5.74, 6) is 0. The molecule has 0 N–H and O–H groups in total. The summed E-state index contributed by atoms with van der Waals surface area (Å²) in [5, 5.41) is 3.74. The second-order valence-electron chi connectivity index (χ2n) is 12.6. The minimum absolute atomic E-state index is 0.957. The van der Waals surface area contributed by atoms with Gasteiger partial charge in [-0.25, -0.2) is 0 Å². The van der Waals surface area contributed by atoms with E-state index in [4.69, 9.17) is 9.97 Å². The standard InChI is InChI=1S/C45H32N2S/c1-3-36(45-28(2)37-10-6-7-14-44(37)48-45)42-21-19-33(26-46-42)30-17-15-29-16-18-31(24-35(29)23-30)34-20-22-43(47-27-34)40-13-8-12-39-38-11-5-4-9-32(38)25-41(39)40/h3-24,26-27H,25H2,1-2H3/b36-3-. The molecule has 3 heteroatoms. The molecule has 0 aliphatic heterocycles. The largest absolute Gasteiger partial charge is 0.256 e. The molecule has 3 aromatic heterocycles. The zero-order valence-electron chi connectivity index (χ0n) is 26.9. The normalized spacial score (nSPS) is 12.4. The first-order valence-electron chi connectivity index (χ1n) is 16.5. The van der Waals surface area contributed by atoms with E-state index in [1.54, 1.807) is 0 Å². The Morgan fingerprint density at radius 3 is 2.04 bits per heavy atom. The van der Waals surface area contributed by atoms with E-state index in [-0.39, 0.29) is 0 Å². The summed E-state index contributed by atoms with van der Waals surface area (Å²) in [6, 6.07) is 46.0. The molecule has 48 heavy (non-hydrogen) atoms. The number of rotatable bonds is 5. The predicted molar refractivity (Wildman–Crippen MR) is 203 cm³/mol. The maximum atomic E-state index is 4.97. The second-order valence-corrected chi connectivity index (χ2v) is 13.6. The van der Waals surface area contributed by atoms with Crippen molar-refractivity contribution in [1.29, 1.82) is 0 Å². The molecular weight excluding hydrogens is 601 g/mol. The number of allylic oxidation sites excluding steroid dienone is 1. The van der Waals surface area contributed by atoms with Gasteiger partial charge < -0.3 is 0 Å². The smallest absolute Gasteiger partial charge is 0.0713 e. The average molecular weight is 633 g/mol. The molecule has 0 saturated carbocycles. The highest BCUT2D eigenvalue weighted by Gasteiger charge is 2.21. The highest BCUT2D eigenvalue weighted by Crippen LogP contribution is 2.42. The molecule has 0 amide bonds. The van der Waals surface area contributed by atoms with Gasteiger partial charge in [0.25, 0.3) is 0 Å². The SMILES string of the molecule is C/C=C(/c1ccc(-c2ccc3ccc(-c4ccc(-c5cccc6c5Cc5ccccc5-6)nc4)cc3c2)cn1)c1sc2ccccc2c1C. The molecule has 8 aromatic rings. The lowest BCUT2D eigenvalue weighted by Crippen LogP contribution is -1.92. The Kier molecular flexibility index (Phi) is 6.88. The number of benzene rings is 5. The quantitative estimate of drug-likeness (QED) is 0.189. The summed E-state index contributed by atoms with van der Waals surface area (Å²) in [5.41, 5.74) is 15.7. The Labute approximate surface area is 284 Å². The second kappa shape index (κ2) is 11.6. The Balaban J connectivity index is 0.994. The molecule has 5 aromatic carbocycles. The maximum absolute atomic E-state index is 4.97. The molecule has 9 rings (SSSR count). The van der Waals surface area contributed by atoms with Crippen molar-refractivity contribution in [3.8, 4) is 44.6 Å². The number of thiophene rings is 1. The van der Waals surface area contributed by atoms with Crippen LogP contribution >= 0.6 is 11.3 Å². The van der Waals surface area contributed by atoms with Crippen molar-refractivity contribution in [3.05, 3.63) is 173 Å². The molecule has 1 aliphatic rings. The van der Waals surface area contributed by atoms with Crippen LogP contribution in [0.4, 0.5) is 0 Å². The molecule has 0 radical (unpaired) electrons. The molecule has 0 bridgehead atoms. The summed E-state index contributed by atoms with van der Waals surface area (Å²) in [6.07, 6.45) is 7.16. The third-order valence-electron chi connectivity index (χ3n) is 9.81. The summed E-state index contributed by atoms with van der Waals surface area (Å²) >= 11 is 1.84. The van der Waals surface area contributed by atoms with Crippen LogP contribution in [-0.4, -0.2) is 9.97 Å². The van der Waals surface area contributed by atoms with Crippen LogP contribution in [0.15, 0.2) is 146 Å². The van der Waals surface area contributed by atoms with Gasteiger partial charge in [0, 0.05) is 44.2 Å². The van der Waals surface area contributed by atoms with Crippen molar-refractivity contribution in [1.82, 2.24) is 9.97 Å². The fourth-order valence-electron chi connectivity index (χ4n) is 7.28. The first kappa shape index (κ1) is 28.6. The lowest BCUT2D eigenvalue weighted by Gasteiger charge is -2.10. The molecule has 0 atom stereocenters. The Morgan fingerprint density at radius 2 is 1.31 bits per heavy atom. The number of hydrogen-bond donors (Lipinski definition) is 0. The van der Waals surface area contributed by atoms with Crippen LogP contribution in [0.25, 0.3) is 71.1 Å². The third-order valence-corrected chi connectivity index (χ3v) is 11.1. The van der Waals surface area contributed by atoms with Crippen molar-refractivity contribution < 1.29 is 0 Å². The first-order valence-corrected chi connectivity index (χ1v) is 17.3. The molecule has 3 heterocycles. The van der Waals surface area contributed by atoms with Gasteiger partial charge in [0.15, 0.2) is 0 Å². The van der Waals surface area contributed by atoms with Crippen LogP contribution in [0.1, 0.15) is 34.2 Å².